The largest absolute Gasteiger partial charge is 0.402 e. The van der Waals surface area contributed by atoms with Crippen molar-refractivity contribution in [3.63, 3.8) is 0 Å². The zero-order chi connectivity index (χ0) is 15.6. The molecule has 0 saturated heterocycles. The third kappa shape index (κ3) is 6.82. The Labute approximate surface area is 135 Å². The number of hydrogen-bond acceptors (Lipinski definition) is 6. The molecule has 0 aliphatic heterocycles. The maximum Gasteiger partial charge on any atom is 0.402 e. The molecule has 1 unspecified atom stereocenters. The topological polar surface area (TPSA) is 36.9 Å². The molecular formula is C12H30O4S2Si2. The molecule has 1 atom stereocenters. The Morgan fingerprint density at radius 3 is 1.90 bits per heavy atom. The van der Waals surface area contributed by atoms with Crippen molar-refractivity contribution >= 4 is 40.1 Å². The van der Waals surface area contributed by atoms with Crippen molar-refractivity contribution in [2.24, 2.45) is 0 Å². The van der Waals surface area contributed by atoms with Crippen LogP contribution >= 0.6 is 23.8 Å². The van der Waals surface area contributed by atoms with Gasteiger partial charge in [0.25, 0.3) is 0 Å². The van der Waals surface area contributed by atoms with Gasteiger partial charge in [0.1, 0.15) is 0 Å². The summed E-state index contributed by atoms with van der Waals surface area (Å²) in [6.45, 7) is 9.62. The van der Waals surface area contributed by atoms with Crippen molar-refractivity contribution < 1.29 is 17.7 Å². The predicted octanol–water partition coefficient (Wildman–Crippen LogP) is 3.34. The standard InChI is InChI=1S/C12H30O4S2Si2/c1-7-15-19(5,16-8-2)12(10-9-11-17)18-20(6,13-3)14-4/h12,17H,7-11H2,1-6H3. The molecule has 0 saturated carbocycles. The molecule has 0 heterocycles. The maximum absolute atomic E-state index is 6.05. The smallest absolute Gasteiger partial charge is 0.394 e. The van der Waals surface area contributed by atoms with Gasteiger partial charge in [-0.05, 0) is 45.5 Å². The van der Waals surface area contributed by atoms with Gasteiger partial charge < -0.3 is 17.7 Å². The fourth-order valence-corrected chi connectivity index (χ4v) is 13.2. The fraction of sp³-hybridized carbons (Fsp3) is 1.00. The summed E-state index contributed by atoms with van der Waals surface area (Å²) in [5.74, 6) is 0.873. The summed E-state index contributed by atoms with van der Waals surface area (Å²) in [5.41, 5.74) is 0. The van der Waals surface area contributed by atoms with Crippen molar-refractivity contribution in [1.29, 1.82) is 0 Å². The van der Waals surface area contributed by atoms with E-state index >= 15 is 0 Å². The van der Waals surface area contributed by atoms with Crippen LogP contribution in [0.1, 0.15) is 26.7 Å². The quantitative estimate of drug-likeness (QED) is 0.428. The van der Waals surface area contributed by atoms with E-state index in [-0.39, 0.29) is 0 Å². The number of hydrogen-bond donors (Lipinski definition) is 1. The van der Waals surface area contributed by atoms with Crippen molar-refractivity contribution in [2.75, 3.05) is 33.2 Å². The van der Waals surface area contributed by atoms with Gasteiger partial charge in [-0.25, -0.2) is 0 Å². The number of thiol groups is 1. The molecule has 4 nitrogen and oxygen atoms in total. The van der Waals surface area contributed by atoms with Crippen LogP contribution in [-0.2, 0) is 17.7 Å². The third-order valence-electron chi connectivity index (χ3n) is 3.17. The second kappa shape index (κ2) is 10.7. The van der Waals surface area contributed by atoms with Gasteiger partial charge in [0, 0.05) is 32.3 Å². The summed E-state index contributed by atoms with van der Waals surface area (Å²) in [4.78, 5) is 0.297. The lowest BCUT2D eigenvalue weighted by Gasteiger charge is -2.37. The molecule has 20 heavy (non-hydrogen) atoms. The molecule has 122 valence electrons. The summed E-state index contributed by atoms with van der Waals surface area (Å²) in [6.07, 6.45) is 2.06. The van der Waals surface area contributed by atoms with Crippen molar-refractivity contribution in [1.82, 2.24) is 0 Å². The highest BCUT2D eigenvalue weighted by atomic mass is 32.4. The van der Waals surface area contributed by atoms with Gasteiger partial charge in [-0.15, -0.1) is 11.2 Å². The molecule has 0 amide bonds. The first kappa shape index (κ1) is 21.0. The van der Waals surface area contributed by atoms with Crippen LogP contribution in [-0.4, -0.2) is 54.3 Å². The van der Waals surface area contributed by atoms with Crippen LogP contribution in [0.4, 0.5) is 0 Å². The number of rotatable bonds is 12. The molecular weight excluding hydrogens is 328 g/mol. The molecule has 0 bridgehead atoms. The van der Waals surface area contributed by atoms with Crippen LogP contribution in [0.5, 0.6) is 0 Å². The van der Waals surface area contributed by atoms with E-state index in [1.807, 2.05) is 13.8 Å². The van der Waals surface area contributed by atoms with Crippen LogP contribution in [0.2, 0.25) is 13.1 Å². The minimum atomic E-state index is -2.25. The first-order chi connectivity index (χ1) is 9.41. The van der Waals surface area contributed by atoms with Gasteiger partial charge in [0.2, 0.25) is 0 Å². The highest BCUT2D eigenvalue weighted by Gasteiger charge is 2.46. The van der Waals surface area contributed by atoms with Crippen molar-refractivity contribution in [3.05, 3.63) is 0 Å². The highest BCUT2D eigenvalue weighted by molar-refractivity contribution is 8.28. The van der Waals surface area contributed by atoms with E-state index in [4.69, 9.17) is 17.7 Å². The summed E-state index contributed by atoms with van der Waals surface area (Å²) < 4.78 is 23.3. The van der Waals surface area contributed by atoms with E-state index in [9.17, 15) is 0 Å². The Morgan fingerprint density at radius 1 is 1.05 bits per heavy atom. The van der Waals surface area contributed by atoms with Crippen LogP contribution in [0.25, 0.3) is 0 Å². The molecule has 0 N–H and O–H groups in total. The average molecular weight is 359 g/mol. The summed E-state index contributed by atoms with van der Waals surface area (Å²) in [7, 11) is -1.02. The molecule has 0 fully saturated rings. The second-order valence-electron chi connectivity index (χ2n) is 4.62. The molecule has 0 aromatic carbocycles. The highest BCUT2D eigenvalue weighted by Crippen LogP contribution is 2.35. The van der Waals surface area contributed by atoms with E-state index in [0.717, 1.165) is 18.6 Å². The molecule has 0 aliphatic rings. The van der Waals surface area contributed by atoms with Gasteiger partial charge in [-0.3, -0.25) is 0 Å². The normalized spacial score (nSPS) is 14.6. The monoisotopic (exact) mass is 358 g/mol. The lowest BCUT2D eigenvalue weighted by atomic mass is 10.4. The molecule has 0 rings (SSSR count). The molecule has 0 aliphatic carbocycles. The first-order valence-corrected chi connectivity index (χ1v) is 14.0. The van der Waals surface area contributed by atoms with E-state index in [2.05, 4.69) is 25.7 Å². The fourth-order valence-electron chi connectivity index (χ4n) is 1.94. The molecule has 8 heteroatoms. The maximum atomic E-state index is 6.05. The molecule has 0 radical (unpaired) electrons. The van der Waals surface area contributed by atoms with Gasteiger partial charge in [-0.1, -0.05) is 0 Å². The van der Waals surface area contributed by atoms with E-state index < -0.39 is 16.3 Å². The molecule has 0 spiro atoms. The van der Waals surface area contributed by atoms with Crippen molar-refractivity contribution in [3.8, 4) is 0 Å². The summed E-state index contributed by atoms with van der Waals surface area (Å²) >= 11 is 6.12. The Bertz CT molecular complexity index is 250. The Hall–Kier alpha value is 0.974. The van der Waals surface area contributed by atoms with Crippen LogP contribution in [0.15, 0.2) is 0 Å². The van der Waals surface area contributed by atoms with Crippen LogP contribution in [0.3, 0.4) is 0 Å². The zero-order valence-electron chi connectivity index (χ0n) is 13.6. The predicted molar refractivity (Wildman–Crippen MR) is 95.0 cm³/mol. The van der Waals surface area contributed by atoms with Crippen LogP contribution < -0.4 is 0 Å². The average Bonchev–Trinajstić information content (AvgIpc) is 2.43. The van der Waals surface area contributed by atoms with Gasteiger partial charge in [0.15, 0.2) is 0 Å². The minimum Gasteiger partial charge on any atom is -0.394 e. The Morgan fingerprint density at radius 2 is 1.55 bits per heavy atom. The van der Waals surface area contributed by atoms with Crippen molar-refractivity contribution in [2.45, 2.75) is 44.7 Å². The second-order valence-corrected chi connectivity index (χ2v) is 15.1. The lowest BCUT2D eigenvalue weighted by Crippen LogP contribution is -2.52. The summed E-state index contributed by atoms with van der Waals surface area (Å²) in [6, 6.07) is 0. The van der Waals surface area contributed by atoms with Gasteiger partial charge >= 0.3 is 16.3 Å². The SMILES string of the molecule is CCO[Si](C)(OCC)C(CCCS)S[Si](C)(OC)OC. The Balaban J connectivity index is 5.07. The minimum absolute atomic E-state index is 0.297. The van der Waals surface area contributed by atoms with Gasteiger partial charge in [0.05, 0.1) is 0 Å². The first-order valence-electron chi connectivity index (χ1n) is 7.08. The lowest BCUT2D eigenvalue weighted by molar-refractivity contribution is 0.186. The molecule has 0 aromatic heterocycles. The van der Waals surface area contributed by atoms with Crippen LogP contribution in [0, 0.1) is 0 Å². The van der Waals surface area contributed by atoms with E-state index in [0.29, 0.717) is 18.1 Å². The van der Waals surface area contributed by atoms with E-state index in [1.54, 1.807) is 25.4 Å². The van der Waals surface area contributed by atoms with E-state index in [1.165, 1.54) is 0 Å². The molecule has 0 aromatic rings. The summed E-state index contributed by atoms with van der Waals surface area (Å²) in [5, 5.41) is 0. The third-order valence-corrected chi connectivity index (χ3v) is 14.6. The van der Waals surface area contributed by atoms with Gasteiger partial charge in [-0.2, -0.15) is 12.6 Å². The zero-order valence-corrected chi connectivity index (χ0v) is 17.3. The Kier molecular flexibility index (Phi) is 11.2.